The number of isocyanates is 4. The largest absolute Gasteiger partial charge is 0.240 e. The highest BCUT2D eigenvalue weighted by Gasteiger charge is 2.22. The van der Waals surface area contributed by atoms with Gasteiger partial charge in [-0.2, -0.15) is 20.0 Å². The Morgan fingerprint density at radius 2 is 1.11 bits per heavy atom. The number of hydrogen-bond acceptors (Lipinski definition) is 8. The fraction of sp³-hybridized carbons (Fsp3) is 0.158. The molecule has 8 heteroatoms. The van der Waals surface area contributed by atoms with Crippen LogP contribution in [0.25, 0.3) is 0 Å². The summed E-state index contributed by atoms with van der Waals surface area (Å²) in [6.07, 6.45) is 6.27. The van der Waals surface area contributed by atoms with Gasteiger partial charge in [0.05, 0.1) is 0 Å². The van der Waals surface area contributed by atoms with Crippen molar-refractivity contribution >= 4 is 47.1 Å². The summed E-state index contributed by atoms with van der Waals surface area (Å²) in [6, 6.07) is 9.72. The molecule has 0 atom stereocenters. The van der Waals surface area contributed by atoms with Crippen LogP contribution in [0.5, 0.6) is 0 Å². The summed E-state index contributed by atoms with van der Waals surface area (Å²) >= 11 is 0. The molecule has 2 aromatic carbocycles. The van der Waals surface area contributed by atoms with Crippen molar-refractivity contribution in [3.63, 3.8) is 0 Å². The second-order valence-corrected chi connectivity index (χ2v) is 5.20. The monoisotopic (exact) mass is 360 g/mol. The van der Waals surface area contributed by atoms with Crippen LogP contribution < -0.4 is 0 Å². The lowest BCUT2D eigenvalue weighted by Gasteiger charge is -2.20. The van der Waals surface area contributed by atoms with Crippen molar-refractivity contribution in [1.82, 2.24) is 0 Å². The van der Waals surface area contributed by atoms with Gasteiger partial charge in [-0.05, 0) is 29.7 Å². The van der Waals surface area contributed by atoms with Crippen molar-refractivity contribution in [3.05, 3.63) is 47.5 Å². The molecule has 0 unspecified atom stereocenters. The third kappa shape index (κ3) is 4.14. The Kier molecular flexibility index (Phi) is 6.75. The molecule has 0 N–H and O–H groups in total. The fourth-order valence-electron chi connectivity index (χ4n) is 2.88. The molecule has 0 aliphatic carbocycles. The Morgan fingerprint density at radius 1 is 0.704 bits per heavy atom. The number of hydrogen-bond donors (Lipinski definition) is 0. The number of aliphatic imine (C=N–C) groups is 4. The zero-order valence-electron chi connectivity index (χ0n) is 14.2. The minimum absolute atomic E-state index is 0.159. The van der Waals surface area contributed by atoms with Gasteiger partial charge in [0.2, 0.25) is 24.3 Å². The highest BCUT2D eigenvalue weighted by molar-refractivity contribution is 5.76. The standard InChI is InChI=1S/C19H12N4O4/c1-2-13(14-5-3-7-16(20-9-24)18(14)22-11-26)15-6-4-8-17(21-10-25)19(15)23-12-27/h3-8,13H,2H2,1H3. The molecule has 132 valence electrons. The normalized spacial score (nSPS) is 10.4. The molecule has 0 fully saturated rings. The van der Waals surface area contributed by atoms with E-state index in [-0.39, 0.29) is 22.7 Å². The summed E-state index contributed by atoms with van der Waals surface area (Å²) in [6.45, 7) is 1.87. The van der Waals surface area contributed by atoms with E-state index in [0.717, 1.165) is 0 Å². The van der Waals surface area contributed by atoms with Gasteiger partial charge in [-0.25, -0.2) is 19.2 Å². The maximum absolute atomic E-state index is 10.9. The van der Waals surface area contributed by atoms with Gasteiger partial charge in [0.15, 0.2) is 0 Å². The van der Waals surface area contributed by atoms with E-state index in [4.69, 9.17) is 0 Å². The molecule has 0 amide bonds. The van der Waals surface area contributed by atoms with Crippen LogP contribution in [0.2, 0.25) is 0 Å². The SMILES string of the molecule is CCC(c1cccc(N=C=O)c1N=C=O)c1cccc(N=C=O)c1N=C=O. The molecule has 0 aromatic heterocycles. The minimum Gasteiger partial charge on any atom is -0.211 e. The summed E-state index contributed by atoms with van der Waals surface area (Å²) in [5, 5.41) is 0. The van der Waals surface area contributed by atoms with Gasteiger partial charge in [0.1, 0.15) is 22.7 Å². The van der Waals surface area contributed by atoms with Crippen molar-refractivity contribution < 1.29 is 19.2 Å². The maximum atomic E-state index is 10.9. The fourth-order valence-corrected chi connectivity index (χ4v) is 2.88. The van der Waals surface area contributed by atoms with Crippen LogP contribution in [0.15, 0.2) is 56.4 Å². The molecule has 0 aliphatic rings. The quantitative estimate of drug-likeness (QED) is 0.545. The van der Waals surface area contributed by atoms with E-state index < -0.39 is 5.92 Å². The number of para-hydroxylation sites is 2. The number of rotatable bonds is 7. The van der Waals surface area contributed by atoms with Gasteiger partial charge >= 0.3 is 0 Å². The first-order chi connectivity index (χ1) is 13.2. The van der Waals surface area contributed by atoms with E-state index >= 15 is 0 Å². The molecule has 2 rings (SSSR count). The summed E-state index contributed by atoms with van der Waals surface area (Å²) < 4.78 is 0. The second kappa shape index (κ2) is 9.44. The van der Waals surface area contributed by atoms with Gasteiger partial charge in [0.25, 0.3) is 0 Å². The van der Waals surface area contributed by atoms with Crippen molar-refractivity contribution in [2.75, 3.05) is 0 Å². The first-order valence-corrected chi connectivity index (χ1v) is 7.79. The van der Waals surface area contributed by atoms with E-state index in [1.165, 1.54) is 36.5 Å². The molecule has 0 saturated heterocycles. The zero-order chi connectivity index (χ0) is 19.6. The van der Waals surface area contributed by atoms with Crippen molar-refractivity contribution in [2.45, 2.75) is 19.3 Å². The van der Waals surface area contributed by atoms with E-state index in [1.807, 2.05) is 6.92 Å². The van der Waals surface area contributed by atoms with Crippen LogP contribution in [0.1, 0.15) is 30.4 Å². The smallest absolute Gasteiger partial charge is 0.211 e. The maximum Gasteiger partial charge on any atom is 0.240 e. The average molecular weight is 360 g/mol. The molecule has 0 radical (unpaired) electrons. The molecule has 0 aliphatic heterocycles. The lowest BCUT2D eigenvalue weighted by Crippen LogP contribution is -2.01. The molecule has 0 heterocycles. The first kappa shape index (κ1) is 19.3. The summed E-state index contributed by atoms with van der Waals surface area (Å²) in [7, 11) is 0. The molecule has 0 bridgehead atoms. The van der Waals surface area contributed by atoms with E-state index in [0.29, 0.717) is 17.5 Å². The van der Waals surface area contributed by atoms with Gasteiger partial charge < -0.3 is 0 Å². The predicted octanol–water partition coefficient (Wildman–Crippen LogP) is 4.10. The van der Waals surface area contributed by atoms with Crippen LogP contribution in [-0.2, 0) is 19.2 Å². The third-order valence-corrected chi connectivity index (χ3v) is 3.90. The molecular formula is C19H12N4O4. The average Bonchev–Trinajstić information content (AvgIpc) is 2.67. The molecular weight excluding hydrogens is 348 g/mol. The predicted molar refractivity (Wildman–Crippen MR) is 96.1 cm³/mol. The van der Waals surface area contributed by atoms with Crippen LogP contribution in [0, 0.1) is 0 Å². The van der Waals surface area contributed by atoms with E-state index in [9.17, 15) is 19.2 Å². The Balaban J connectivity index is 2.83. The molecule has 2 aromatic rings. The summed E-state index contributed by atoms with van der Waals surface area (Å²) in [5.74, 6) is -0.396. The summed E-state index contributed by atoms with van der Waals surface area (Å²) in [4.78, 5) is 57.6. The van der Waals surface area contributed by atoms with Crippen LogP contribution in [0.4, 0.5) is 22.7 Å². The van der Waals surface area contributed by atoms with Crippen molar-refractivity contribution in [2.24, 2.45) is 20.0 Å². The minimum atomic E-state index is -0.396. The van der Waals surface area contributed by atoms with E-state index in [2.05, 4.69) is 20.0 Å². The first-order valence-electron chi connectivity index (χ1n) is 7.79. The number of benzene rings is 2. The van der Waals surface area contributed by atoms with Gasteiger partial charge in [-0.15, -0.1) is 0 Å². The van der Waals surface area contributed by atoms with Gasteiger partial charge in [-0.1, -0.05) is 31.2 Å². The van der Waals surface area contributed by atoms with Crippen molar-refractivity contribution in [1.29, 1.82) is 0 Å². The molecule has 27 heavy (non-hydrogen) atoms. The van der Waals surface area contributed by atoms with Crippen LogP contribution in [0.3, 0.4) is 0 Å². The van der Waals surface area contributed by atoms with Crippen LogP contribution in [-0.4, -0.2) is 24.3 Å². The number of nitrogens with zero attached hydrogens (tertiary/aromatic N) is 4. The second-order valence-electron chi connectivity index (χ2n) is 5.20. The molecule has 0 saturated carbocycles. The summed E-state index contributed by atoms with van der Waals surface area (Å²) in [5.41, 5.74) is 1.76. The Bertz CT molecular complexity index is 970. The zero-order valence-corrected chi connectivity index (χ0v) is 14.2. The third-order valence-electron chi connectivity index (χ3n) is 3.90. The highest BCUT2D eigenvalue weighted by Crippen LogP contribution is 2.44. The Morgan fingerprint density at radius 3 is 1.44 bits per heavy atom. The lowest BCUT2D eigenvalue weighted by atomic mass is 9.86. The van der Waals surface area contributed by atoms with Crippen LogP contribution >= 0.6 is 0 Å². The van der Waals surface area contributed by atoms with Gasteiger partial charge in [0, 0.05) is 5.92 Å². The Hall–Kier alpha value is -4.04. The van der Waals surface area contributed by atoms with Gasteiger partial charge in [-0.3, -0.25) is 0 Å². The van der Waals surface area contributed by atoms with Crippen molar-refractivity contribution in [3.8, 4) is 0 Å². The topological polar surface area (TPSA) is 118 Å². The lowest BCUT2D eigenvalue weighted by molar-refractivity contribution is 0.564. The molecule has 8 nitrogen and oxygen atoms in total. The Labute approximate surface area is 153 Å². The highest BCUT2D eigenvalue weighted by atomic mass is 16.1. The molecule has 0 spiro atoms. The number of carbonyl (C=O) groups excluding carboxylic acids is 4. The van der Waals surface area contributed by atoms with E-state index in [1.54, 1.807) is 24.3 Å².